The van der Waals surface area contributed by atoms with Gasteiger partial charge >= 0.3 is 5.97 Å². The molecule has 0 radical (unpaired) electrons. The zero-order chi connectivity index (χ0) is 22.9. The molecule has 0 saturated heterocycles. The lowest BCUT2D eigenvalue weighted by atomic mass is 10.0. The van der Waals surface area contributed by atoms with Crippen molar-refractivity contribution in [2.75, 3.05) is 7.11 Å². The number of fused-ring (bicyclic) bond motifs is 1. The summed E-state index contributed by atoms with van der Waals surface area (Å²) in [7, 11) is 1.30. The van der Waals surface area contributed by atoms with Crippen LogP contribution in [-0.4, -0.2) is 28.6 Å². The number of aryl methyl sites for hydroxylation is 1. The van der Waals surface area contributed by atoms with E-state index in [9.17, 15) is 9.59 Å². The van der Waals surface area contributed by atoms with Crippen molar-refractivity contribution in [3.63, 3.8) is 0 Å². The molecule has 5 rings (SSSR count). The van der Waals surface area contributed by atoms with Gasteiger partial charge < -0.3 is 9.47 Å². The third kappa shape index (κ3) is 3.83. The Balaban J connectivity index is 1.58. The highest BCUT2D eigenvalue weighted by Crippen LogP contribution is 2.34. The van der Waals surface area contributed by atoms with Gasteiger partial charge in [-0.3, -0.25) is 4.79 Å². The largest absolute Gasteiger partial charge is 0.465 e. The van der Waals surface area contributed by atoms with Crippen LogP contribution in [0, 0.1) is 6.92 Å². The smallest absolute Gasteiger partial charge is 0.337 e. The molecule has 0 amide bonds. The van der Waals surface area contributed by atoms with Crippen LogP contribution in [0.3, 0.4) is 0 Å². The number of allylic oxidation sites excluding steroid dienone is 1. The third-order valence-electron chi connectivity index (χ3n) is 5.46. The van der Waals surface area contributed by atoms with Crippen molar-refractivity contribution in [3.05, 3.63) is 107 Å². The van der Waals surface area contributed by atoms with E-state index in [1.54, 1.807) is 22.9 Å². The zero-order valence-corrected chi connectivity index (χ0v) is 18.1. The molecular formula is C27H20N2O4. The average Bonchev–Trinajstić information content (AvgIpc) is 3.41. The summed E-state index contributed by atoms with van der Waals surface area (Å²) in [5.41, 5.74) is 5.08. The first-order valence-corrected chi connectivity index (χ1v) is 10.4. The van der Waals surface area contributed by atoms with Crippen LogP contribution >= 0.6 is 0 Å². The van der Waals surface area contributed by atoms with E-state index in [0.717, 1.165) is 28.1 Å². The van der Waals surface area contributed by atoms with Crippen molar-refractivity contribution < 1.29 is 19.1 Å². The van der Waals surface area contributed by atoms with Crippen molar-refractivity contribution in [2.24, 2.45) is 0 Å². The summed E-state index contributed by atoms with van der Waals surface area (Å²) >= 11 is 0. The van der Waals surface area contributed by atoms with Gasteiger partial charge in [-0.1, -0.05) is 48.0 Å². The van der Waals surface area contributed by atoms with Gasteiger partial charge in [-0.15, -0.1) is 0 Å². The van der Waals surface area contributed by atoms with Gasteiger partial charge in [-0.25, -0.2) is 9.48 Å². The number of carbonyl (C=O) groups excluding carboxylic acids is 2. The van der Waals surface area contributed by atoms with E-state index in [1.165, 1.54) is 13.2 Å². The molecule has 0 fully saturated rings. The minimum Gasteiger partial charge on any atom is -0.465 e. The molecule has 1 aromatic heterocycles. The fraction of sp³-hybridized carbons (Fsp3) is 0.0741. The molecule has 6 heteroatoms. The zero-order valence-electron chi connectivity index (χ0n) is 18.1. The standard InChI is InChI=1S/C27H20N2O4/c1-17-8-10-18(11-9-17)25-20(16-29(28-25)21-6-4-3-5-7-21)15-24-26(30)22-14-19(27(31)32-2)12-13-23(22)33-24/h3-16H,1-2H3. The molecule has 1 aliphatic heterocycles. The van der Waals surface area contributed by atoms with Crippen molar-refractivity contribution in [1.82, 2.24) is 9.78 Å². The van der Waals surface area contributed by atoms with Crippen LogP contribution < -0.4 is 4.74 Å². The molecule has 33 heavy (non-hydrogen) atoms. The Morgan fingerprint density at radius 1 is 1.03 bits per heavy atom. The lowest BCUT2D eigenvalue weighted by molar-refractivity contribution is 0.0600. The first kappa shape index (κ1) is 20.5. The summed E-state index contributed by atoms with van der Waals surface area (Å²) in [5, 5.41) is 4.79. The molecule has 6 nitrogen and oxygen atoms in total. The second-order valence-corrected chi connectivity index (χ2v) is 7.72. The number of hydrogen-bond acceptors (Lipinski definition) is 5. The average molecular weight is 436 g/mol. The van der Waals surface area contributed by atoms with Crippen LogP contribution in [0.15, 0.2) is 84.8 Å². The van der Waals surface area contributed by atoms with Crippen LogP contribution in [0.5, 0.6) is 5.75 Å². The maximum absolute atomic E-state index is 13.1. The molecule has 0 atom stereocenters. The van der Waals surface area contributed by atoms with E-state index < -0.39 is 5.97 Å². The number of carbonyl (C=O) groups is 2. The van der Waals surface area contributed by atoms with Crippen LogP contribution in [0.2, 0.25) is 0 Å². The maximum atomic E-state index is 13.1. The number of nitrogens with zero attached hydrogens (tertiary/aromatic N) is 2. The van der Waals surface area contributed by atoms with Crippen LogP contribution in [0.4, 0.5) is 0 Å². The Hall–Kier alpha value is -4.45. The predicted octanol–water partition coefficient (Wildman–Crippen LogP) is 5.25. The minimum absolute atomic E-state index is 0.174. The molecule has 3 aromatic carbocycles. The number of methoxy groups -OCH3 is 1. The highest BCUT2D eigenvalue weighted by molar-refractivity contribution is 6.15. The quantitative estimate of drug-likeness (QED) is 0.323. The molecule has 4 aromatic rings. The number of Topliss-reactive ketones (excluding diaryl/α,β-unsaturated/α-hetero) is 1. The van der Waals surface area contributed by atoms with Crippen LogP contribution in [-0.2, 0) is 4.74 Å². The molecule has 0 bridgehead atoms. The van der Waals surface area contributed by atoms with E-state index in [1.807, 2.05) is 67.7 Å². The highest BCUT2D eigenvalue weighted by Gasteiger charge is 2.29. The number of aromatic nitrogens is 2. The van der Waals surface area contributed by atoms with Crippen molar-refractivity contribution in [2.45, 2.75) is 6.92 Å². The fourth-order valence-electron chi connectivity index (χ4n) is 3.72. The minimum atomic E-state index is -0.506. The van der Waals surface area contributed by atoms with Crippen molar-refractivity contribution >= 4 is 17.8 Å². The van der Waals surface area contributed by atoms with E-state index >= 15 is 0 Å². The normalized spacial score (nSPS) is 13.6. The molecule has 0 N–H and O–H groups in total. The number of benzene rings is 3. The van der Waals surface area contributed by atoms with E-state index in [-0.39, 0.29) is 11.5 Å². The number of ketones is 1. The summed E-state index contributed by atoms with van der Waals surface area (Å²) in [5.74, 6) is -0.217. The number of para-hydroxylation sites is 1. The molecule has 2 heterocycles. The molecule has 0 aliphatic carbocycles. The SMILES string of the molecule is COC(=O)c1ccc2c(c1)C(=O)C(=Cc1cn(-c3ccccc3)nc1-c1ccc(C)cc1)O2. The Bertz CT molecular complexity index is 1400. The fourth-order valence-corrected chi connectivity index (χ4v) is 3.72. The van der Waals surface area contributed by atoms with Gasteiger partial charge in [0.25, 0.3) is 0 Å². The van der Waals surface area contributed by atoms with Crippen LogP contribution in [0.1, 0.15) is 31.8 Å². The Morgan fingerprint density at radius 2 is 1.79 bits per heavy atom. The number of hydrogen-bond donors (Lipinski definition) is 0. The van der Waals surface area contributed by atoms with Crippen LogP contribution in [0.25, 0.3) is 23.0 Å². The lowest BCUT2D eigenvalue weighted by Gasteiger charge is -2.02. The molecule has 162 valence electrons. The first-order chi connectivity index (χ1) is 16.0. The molecule has 0 saturated carbocycles. The van der Waals surface area contributed by atoms with Gasteiger partial charge in [0, 0.05) is 17.3 Å². The Kier molecular flexibility index (Phi) is 5.11. The molecule has 1 aliphatic rings. The first-order valence-electron chi connectivity index (χ1n) is 10.4. The Morgan fingerprint density at radius 3 is 2.52 bits per heavy atom. The Labute approximate surface area is 190 Å². The van der Waals surface area contributed by atoms with Gasteiger partial charge in [-0.2, -0.15) is 5.10 Å². The summed E-state index contributed by atoms with van der Waals surface area (Å²) in [6, 6.07) is 22.5. The van der Waals surface area contributed by atoms with E-state index in [4.69, 9.17) is 14.6 Å². The molecule has 0 unspecified atom stereocenters. The lowest BCUT2D eigenvalue weighted by Crippen LogP contribution is -2.03. The molecule has 0 spiro atoms. The van der Waals surface area contributed by atoms with Gasteiger partial charge in [0.05, 0.1) is 23.9 Å². The topological polar surface area (TPSA) is 70.4 Å². The summed E-state index contributed by atoms with van der Waals surface area (Å²) in [4.78, 5) is 24.9. The second-order valence-electron chi connectivity index (χ2n) is 7.72. The van der Waals surface area contributed by atoms with Crippen molar-refractivity contribution in [1.29, 1.82) is 0 Å². The third-order valence-corrected chi connectivity index (χ3v) is 5.46. The monoisotopic (exact) mass is 436 g/mol. The predicted molar refractivity (Wildman–Crippen MR) is 124 cm³/mol. The second kappa shape index (κ2) is 8.24. The van der Waals surface area contributed by atoms with E-state index in [0.29, 0.717) is 16.9 Å². The highest BCUT2D eigenvalue weighted by atomic mass is 16.5. The molecular weight excluding hydrogens is 416 g/mol. The van der Waals surface area contributed by atoms with Gasteiger partial charge in [-0.05, 0) is 43.3 Å². The van der Waals surface area contributed by atoms with E-state index in [2.05, 4.69) is 0 Å². The number of ether oxygens (including phenoxy) is 2. The summed E-state index contributed by atoms with van der Waals surface area (Å²) < 4.78 is 12.4. The van der Waals surface area contributed by atoms with Crippen molar-refractivity contribution in [3.8, 4) is 22.7 Å². The van der Waals surface area contributed by atoms with Gasteiger partial charge in [0.2, 0.25) is 5.78 Å². The summed E-state index contributed by atoms with van der Waals surface area (Å²) in [6.45, 7) is 2.03. The number of esters is 1. The summed E-state index contributed by atoms with van der Waals surface area (Å²) in [6.07, 6.45) is 3.57. The number of rotatable bonds is 4. The van der Waals surface area contributed by atoms with Gasteiger partial charge in [0.15, 0.2) is 5.76 Å². The van der Waals surface area contributed by atoms with Gasteiger partial charge in [0.1, 0.15) is 11.4 Å². The maximum Gasteiger partial charge on any atom is 0.337 e.